The normalized spacial score (nSPS) is 11.0. The summed E-state index contributed by atoms with van der Waals surface area (Å²) in [5.41, 5.74) is 2.36. The molecule has 3 rings (SSSR count). The molecule has 0 atom stereocenters. The Labute approximate surface area is 135 Å². The Bertz CT molecular complexity index is 889. The molecule has 21 heavy (non-hydrogen) atoms. The number of halogens is 2. The number of benzene rings is 2. The summed E-state index contributed by atoms with van der Waals surface area (Å²) in [7, 11) is 0. The molecule has 0 radical (unpaired) electrons. The van der Waals surface area contributed by atoms with Gasteiger partial charge in [-0.2, -0.15) is 0 Å². The third kappa shape index (κ3) is 2.39. The number of para-hydroxylation sites is 1. The van der Waals surface area contributed by atoms with E-state index in [0.29, 0.717) is 16.7 Å². The smallest absolute Gasteiger partial charge is 0.266 e. The van der Waals surface area contributed by atoms with Gasteiger partial charge in [-0.3, -0.25) is 9.36 Å². The second-order valence-corrected chi connectivity index (χ2v) is 5.79. The summed E-state index contributed by atoms with van der Waals surface area (Å²) in [5.74, 6) is 0.701. The van der Waals surface area contributed by atoms with Crippen molar-refractivity contribution in [2.75, 3.05) is 0 Å². The van der Waals surface area contributed by atoms with E-state index in [-0.39, 0.29) is 11.4 Å². The van der Waals surface area contributed by atoms with E-state index in [1.165, 1.54) is 0 Å². The van der Waals surface area contributed by atoms with Gasteiger partial charge in [0.2, 0.25) is 0 Å². The maximum absolute atomic E-state index is 12.8. The molecule has 0 aliphatic heterocycles. The van der Waals surface area contributed by atoms with Gasteiger partial charge in [-0.05, 0) is 46.6 Å². The van der Waals surface area contributed by atoms with Crippen molar-refractivity contribution in [3.63, 3.8) is 0 Å². The highest BCUT2D eigenvalue weighted by Gasteiger charge is 2.14. The first-order chi connectivity index (χ1) is 10.1. The van der Waals surface area contributed by atoms with Gasteiger partial charge < -0.3 is 0 Å². The highest BCUT2D eigenvalue weighted by molar-refractivity contribution is 9.10. The Morgan fingerprint density at radius 3 is 2.71 bits per heavy atom. The third-order valence-corrected chi connectivity index (χ3v) is 4.65. The fraction of sp³-hybridized carbons (Fsp3) is 0.125. The first-order valence-electron chi connectivity index (χ1n) is 6.45. The molecule has 1 aromatic heterocycles. The summed E-state index contributed by atoms with van der Waals surface area (Å²) >= 11 is 9.56. The van der Waals surface area contributed by atoms with Crippen LogP contribution in [0.2, 0.25) is 0 Å². The summed E-state index contributed by atoms with van der Waals surface area (Å²) in [6, 6.07) is 13.1. The Morgan fingerprint density at radius 2 is 1.95 bits per heavy atom. The van der Waals surface area contributed by atoms with Crippen molar-refractivity contribution in [3.05, 3.63) is 68.7 Å². The molecule has 0 bridgehead atoms. The number of hydrogen-bond donors (Lipinski definition) is 0. The molecule has 3 aromatic rings. The van der Waals surface area contributed by atoms with E-state index >= 15 is 0 Å². The molecular weight excluding hydrogens is 352 g/mol. The van der Waals surface area contributed by atoms with Gasteiger partial charge in [0.05, 0.1) is 22.5 Å². The average Bonchev–Trinajstić information content (AvgIpc) is 2.50. The highest BCUT2D eigenvalue weighted by Crippen LogP contribution is 2.25. The van der Waals surface area contributed by atoms with Crippen molar-refractivity contribution in [3.8, 4) is 5.69 Å². The van der Waals surface area contributed by atoms with Gasteiger partial charge in [0.25, 0.3) is 5.56 Å². The van der Waals surface area contributed by atoms with Crippen LogP contribution in [0.1, 0.15) is 11.4 Å². The predicted molar refractivity (Wildman–Crippen MR) is 89.3 cm³/mol. The lowest BCUT2D eigenvalue weighted by molar-refractivity contribution is 0.876. The van der Waals surface area contributed by atoms with Crippen LogP contribution in [0, 0.1) is 6.92 Å². The summed E-state index contributed by atoms with van der Waals surface area (Å²) < 4.78 is 2.45. The summed E-state index contributed by atoms with van der Waals surface area (Å²) in [4.78, 5) is 17.3. The van der Waals surface area contributed by atoms with Crippen LogP contribution >= 0.6 is 27.5 Å². The van der Waals surface area contributed by atoms with Gasteiger partial charge in [-0.1, -0.05) is 24.3 Å². The molecule has 0 fully saturated rings. The molecule has 1 heterocycles. The monoisotopic (exact) mass is 362 g/mol. The van der Waals surface area contributed by atoms with Crippen LogP contribution in [0.25, 0.3) is 16.6 Å². The van der Waals surface area contributed by atoms with Gasteiger partial charge in [-0.15, -0.1) is 11.6 Å². The zero-order valence-corrected chi connectivity index (χ0v) is 13.6. The lowest BCUT2D eigenvalue weighted by Gasteiger charge is -2.14. The fourth-order valence-corrected chi connectivity index (χ4v) is 2.94. The van der Waals surface area contributed by atoms with Crippen LogP contribution in [0.15, 0.2) is 51.7 Å². The fourth-order valence-electron chi connectivity index (χ4n) is 2.32. The average molecular weight is 364 g/mol. The van der Waals surface area contributed by atoms with Crippen molar-refractivity contribution >= 4 is 38.4 Å². The van der Waals surface area contributed by atoms with Crippen LogP contribution in [-0.2, 0) is 5.88 Å². The number of alkyl halides is 1. The molecule has 0 saturated heterocycles. The number of fused-ring (bicyclic) bond motifs is 1. The lowest BCUT2D eigenvalue weighted by Crippen LogP contribution is -2.23. The Morgan fingerprint density at radius 1 is 1.19 bits per heavy atom. The second kappa shape index (κ2) is 5.62. The summed E-state index contributed by atoms with van der Waals surface area (Å²) in [5, 5.41) is 0.583. The summed E-state index contributed by atoms with van der Waals surface area (Å²) in [6.07, 6.45) is 0. The van der Waals surface area contributed by atoms with E-state index in [1.807, 2.05) is 43.3 Å². The van der Waals surface area contributed by atoms with E-state index in [1.54, 1.807) is 10.6 Å². The van der Waals surface area contributed by atoms with Crippen molar-refractivity contribution in [1.29, 1.82) is 0 Å². The minimum absolute atomic E-state index is 0.109. The highest BCUT2D eigenvalue weighted by atomic mass is 79.9. The number of aryl methyl sites for hydroxylation is 1. The molecule has 0 aliphatic carbocycles. The zero-order valence-electron chi connectivity index (χ0n) is 11.3. The van der Waals surface area contributed by atoms with Crippen molar-refractivity contribution in [2.24, 2.45) is 0 Å². The molecule has 5 heteroatoms. The quantitative estimate of drug-likeness (QED) is 0.640. The van der Waals surface area contributed by atoms with Gasteiger partial charge in [0.1, 0.15) is 5.82 Å². The van der Waals surface area contributed by atoms with Gasteiger partial charge in [-0.25, -0.2) is 4.98 Å². The van der Waals surface area contributed by atoms with Gasteiger partial charge in [0.15, 0.2) is 0 Å². The Hall–Kier alpha value is -1.65. The molecule has 3 nitrogen and oxygen atoms in total. The van der Waals surface area contributed by atoms with Crippen LogP contribution in [0.5, 0.6) is 0 Å². The minimum atomic E-state index is -0.109. The number of rotatable bonds is 2. The van der Waals surface area contributed by atoms with E-state index in [4.69, 9.17) is 11.6 Å². The minimum Gasteiger partial charge on any atom is -0.268 e. The molecule has 106 valence electrons. The van der Waals surface area contributed by atoms with Crippen molar-refractivity contribution < 1.29 is 0 Å². The van der Waals surface area contributed by atoms with Gasteiger partial charge >= 0.3 is 0 Å². The molecule has 0 aliphatic rings. The van der Waals surface area contributed by atoms with E-state index in [2.05, 4.69) is 20.9 Å². The molecule has 0 N–H and O–H groups in total. The number of hydrogen-bond acceptors (Lipinski definition) is 2. The first kappa shape index (κ1) is 14.3. The molecule has 0 amide bonds. The van der Waals surface area contributed by atoms with Crippen molar-refractivity contribution in [2.45, 2.75) is 12.8 Å². The van der Waals surface area contributed by atoms with Crippen LogP contribution < -0.4 is 5.56 Å². The Kier molecular flexibility index (Phi) is 3.83. The Balaban J connectivity index is 2.44. The summed E-state index contributed by atoms with van der Waals surface area (Å²) in [6.45, 7) is 1.98. The van der Waals surface area contributed by atoms with Crippen LogP contribution in [0.4, 0.5) is 0 Å². The maximum atomic E-state index is 12.8. The number of aromatic nitrogens is 2. The topological polar surface area (TPSA) is 34.9 Å². The van der Waals surface area contributed by atoms with E-state index < -0.39 is 0 Å². The predicted octanol–water partition coefficient (Wildman–Crippen LogP) is 4.20. The second-order valence-electron chi connectivity index (χ2n) is 4.73. The van der Waals surface area contributed by atoms with Gasteiger partial charge in [0, 0.05) is 4.47 Å². The SMILES string of the molecule is Cc1cccc(-n2c(CCl)nc3ccccc3c2=O)c1Br. The number of nitrogens with zero attached hydrogens (tertiary/aromatic N) is 2. The zero-order chi connectivity index (χ0) is 15.0. The van der Waals surface area contributed by atoms with Crippen LogP contribution in [0.3, 0.4) is 0 Å². The first-order valence-corrected chi connectivity index (χ1v) is 7.78. The molecule has 0 unspecified atom stereocenters. The van der Waals surface area contributed by atoms with E-state index in [9.17, 15) is 4.79 Å². The molecule has 2 aromatic carbocycles. The molecule has 0 spiro atoms. The standard InChI is InChI=1S/C16H12BrClN2O/c1-10-5-4-8-13(15(10)17)20-14(9-18)19-12-7-3-2-6-11(12)16(20)21/h2-8H,9H2,1H3. The van der Waals surface area contributed by atoms with E-state index in [0.717, 1.165) is 15.7 Å². The third-order valence-electron chi connectivity index (χ3n) is 3.38. The maximum Gasteiger partial charge on any atom is 0.266 e. The van der Waals surface area contributed by atoms with Crippen LogP contribution in [-0.4, -0.2) is 9.55 Å². The lowest BCUT2D eigenvalue weighted by atomic mass is 10.2. The van der Waals surface area contributed by atoms with Crippen molar-refractivity contribution in [1.82, 2.24) is 9.55 Å². The largest absolute Gasteiger partial charge is 0.268 e. The molecule has 0 saturated carbocycles. The molecular formula is C16H12BrClN2O.